The number of furan rings is 1. The molecule has 1 aliphatic rings. The normalized spacial score (nSPS) is 18.3. The summed E-state index contributed by atoms with van der Waals surface area (Å²) < 4.78 is 8.11. The third-order valence-corrected chi connectivity index (χ3v) is 5.19. The van der Waals surface area contributed by atoms with Crippen LogP contribution in [0.1, 0.15) is 30.1 Å². The molecule has 0 N–H and O–H groups in total. The first-order valence-electron chi connectivity index (χ1n) is 9.39. The number of piperidine rings is 1. The van der Waals surface area contributed by atoms with E-state index in [9.17, 15) is 0 Å². The molecule has 0 spiro atoms. The predicted octanol–water partition coefficient (Wildman–Crippen LogP) is 4.07. The molecule has 3 aromatic heterocycles. The zero-order valence-corrected chi connectivity index (χ0v) is 15.6. The number of aromatic nitrogens is 3. The van der Waals surface area contributed by atoms with E-state index in [0.717, 1.165) is 49.1 Å². The van der Waals surface area contributed by atoms with Crippen LogP contribution in [0.25, 0.3) is 11.4 Å². The van der Waals surface area contributed by atoms with E-state index >= 15 is 0 Å². The maximum Gasteiger partial charge on any atom is 0.141 e. The van der Waals surface area contributed by atoms with E-state index in [2.05, 4.69) is 38.5 Å². The minimum atomic E-state index is 0.628. The summed E-state index contributed by atoms with van der Waals surface area (Å²) in [5.74, 6) is 3.71. The Morgan fingerprint density at radius 1 is 1.19 bits per heavy atom. The highest BCUT2D eigenvalue weighted by Crippen LogP contribution is 2.25. The van der Waals surface area contributed by atoms with E-state index in [4.69, 9.17) is 4.42 Å². The first kappa shape index (κ1) is 17.0. The average Bonchev–Trinajstić information content (AvgIpc) is 3.22. The number of pyridine rings is 1. The number of rotatable bonds is 5. The minimum absolute atomic E-state index is 0.628. The van der Waals surface area contributed by atoms with Crippen molar-refractivity contribution in [2.45, 2.75) is 39.8 Å². The Kier molecular flexibility index (Phi) is 4.89. The van der Waals surface area contributed by atoms with Crippen molar-refractivity contribution in [2.75, 3.05) is 13.1 Å². The second kappa shape index (κ2) is 7.46. The maximum atomic E-state index is 5.76. The fourth-order valence-corrected chi connectivity index (χ4v) is 3.91. The summed E-state index contributed by atoms with van der Waals surface area (Å²) in [7, 11) is 0. The summed E-state index contributed by atoms with van der Waals surface area (Å²) in [5.41, 5.74) is 2.29. The van der Waals surface area contributed by atoms with E-state index in [-0.39, 0.29) is 0 Å². The van der Waals surface area contributed by atoms with Gasteiger partial charge in [-0.15, -0.1) is 0 Å². The molecule has 1 saturated heterocycles. The van der Waals surface area contributed by atoms with Crippen LogP contribution in [0.15, 0.2) is 47.3 Å². The molecule has 136 valence electrons. The predicted molar refractivity (Wildman–Crippen MR) is 102 cm³/mol. The Bertz CT molecular complexity index is 852. The highest BCUT2D eigenvalue weighted by atomic mass is 16.3. The van der Waals surface area contributed by atoms with Gasteiger partial charge < -0.3 is 8.98 Å². The molecule has 1 fully saturated rings. The highest BCUT2D eigenvalue weighted by Gasteiger charge is 2.23. The van der Waals surface area contributed by atoms with Crippen LogP contribution >= 0.6 is 0 Å². The number of hydrogen-bond acceptors (Lipinski definition) is 4. The summed E-state index contributed by atoms with van der Waals surface area (Å²) in [6, 6.07) is 8.19. The van der Waals surface area contributed by atoms with Gasteiger partial charge in [0.1, 0.15) is 17.3 Å². The Hall–Kier alpha value is -2.40. The highest BCUT2D eigenvalue weighted by molar-refractivity contribution is 5.54. The lowest BCUT2D eigenvalue weighted by atomic mass is 9.97. The van der Waals surface area contributed by atoms with E-state index in [0.29, 0.717) is 5.92 Å². The fraction of sp³-hybridized carbons (Fsp3) is 0.429. The Morgan fingerprint density at radius 3 is 2.88 bits per heavy atom. The van der Waals surface area contributed by atoms with Crippen molar-refractivity contribution < 1.29 is 4.42 Å². The van der Waals surface area contributed by atoms with Crippen LogP contribution < -0.4 is 0 Å². The summed E-state index contributed by atoms with van der Waals surface area (Å²) in [6.45, 7) is 8.30. The topological polar surface area (TPSA) is 47.1 Å². The molecule has 1 atom stereocenters. The van der Waals surface area contributed by atoms with Crippen LogP contribution in [0.3, 0.4) is 0 Å². The lowest BCUT2D eigenvalue weighted by molar-refractivity contribution is 0.146. The molecule has 1 unspecified atom stereocenters. The summed E-state index contributed by atoms with van der Waals surface area (Å²) >= 11 is 0. The van der Waals surface area contributed by atoms with Gasteiger partial charge in [0, 0.05) is 42.9 Å². The fourth-order valence-electron chi connectivity index (χ4n) is 3.91. The smallest absolute Gasteiger partial charge is 0.141 e. The summed E-state index contributed by atoms with van der Waals surface area (Å²) in [5, 5.41) is 0. The Morgan fingerprint density at radius 2 is 2.12 bits per heavy atom. The number of aryl methyl sites for hydroxylation is 2. The second-order valence-corrected chi connectivity index (χ2v) is 7.33. The van der Waals surface area contributed by atoms with Crippen LogP contribution in [0.5, 0.6) is 0 Å². The monoisotopic (exact) mass is 350 g/mol. The number of hydrogen-bond donors (Lipinski definition) is 0. The first-order chi connectivity index (χ1) is 12.7. The van der Waals surface area contributed by atoms with Gasteiger partial charge in [0.25, 0.3) is 0 Å². The van der Waals surface area contributed by atoms with Gasteiger partial charge in [0.15, 0.2) is 0 Å². The third kappa shape index (κ3) is 3.73. The molecule has 0 radical (unpaired) electrons. The zero-order valence-electron chi connectivity index (χ0n) is 15.6. The molecule has 3 aromatic rings. The SMILES string of the molecule is Cc1ccc(CN2CCCC(Cn3c(C)cnc3-c3cccnc3)C2)o1. The molecule has 0 bridgehead atoms. The lowest BCUT2D eigenvalue weighted by Gasteiger charge is -2.32. The molecule has 4 rings (SSSR count). The molecular formula is C21H26N4O. The zero-order chi connectivity index (χ0) is 17.9. The van der Waals surface area contributed by atoms with Gasteiger partial charge >= 0.3 is 0 Å². The molecule has 26 heavy (non-hydrogen) atoms. The Labute approximate surface area is 154 Å². The third-order valence-electron chi connectivity index (χ3n) is 5.19. The maximum absolute atomic E-state index is 5.76. The van der Waals surface area contributed by atoms with E-state index < -0.39 is 0 Å². The van der Waals surface area contributed by atoms with Gasteiger partial charge in [0.05, 0.1) is 6.54 Å². The molecule has 0 amide bonds. The van der Waals surface area contributed by atoms with Crippen molar-refractivity contribution in [1.29, 1.82) is 0 Å². The molecular weight excluding hydrogens is 324 g/mol. The quantitative estimate of drug-likeness (QED) is 0.696. The van der Waals surface area contributed by atoms with Crippen molar-refractivity contribution in [3.63, 3.8) is 0 Å². The van der Waals surface area contributed by atoms with Crippen molar-refractivity contribution >= 4 is 0 Å². The van der Waals surface area contributed by atoms with Crippen LogP contribution in [0, 0.1) is 19.8 Å². The number of nitrogens with zero attached hydrogens (tertiary/aromatic N) is 4. The molecule has 5 heteroatoms. The van der Waals surface area contributed by atoms with Crippen molar-refractivity contribution in [1.82, 2.24) is 19.4 Å². The van der Waals surface area contributed by atoms with Crippen LogP contribution in [-0.2, 0) is 13.1 Å². The van der Waals surface area contributed by atoms with Crippen LogP contribution in [-0.4, -0.2) is 32.5 Å². The van der Waals surface area contributed by atoms with Gasteiger partial charge in [0.2, 0.25) is 0 Å². The standard InChI is InChI=1S/C21H26N4O/c1-16-11-23-21(19-6-3-9-22-12-19)25(16)14-18-5-4-10-24(13-18)15-20-8-7-17(2)26-20/h3,6-9,11-12,18H,4-5,10,13-15H2,1-2H3. The lowest BCUT2D eigenvalue weighted by Crippen LogP contribution is -2.36. The number of likely N-dealkylation sites (tertiary alicyclic amines) is 1. The molecule has 4 heterocycles. The van der Waals surface area contributed by atoms with E-state index in [1.807, 2.05) is 31.5 Å². The van der Waals surface area contributed by atoms with Gasteiger partial charge in [-0.25, -0.2) is 4.98 Å². The van der Waals surface area contributed by atoms with Gasteiger partial charge in [-0.3, -0.25) is 9.88 Å². The van der Waals surface area contributed by atoms with Gasteiger partial charge in [-0.2, -0.15) is 0 Å². The largest absolute Gasteiger partial charge is 0.465 e. The van der Waals surface area contributed by atoms with E-state index in [1.165, 1.54) is 18.5 Å². The van der Waals surface area contributed by atoms with Gasteiger partial charge in [-0.1, -0.05) is 0 Å². The molecule has 0 aromatic carbocycles. The molecule has 0 aliphatic carbocycles. The van der Waals surface area contributed by atoms with Crippen molar-refractivity contribution in [2.24, 2.45) is 5.92 Å². The van der Waals surface area contributed by atoms with Crippen molar-refractivity contribution in [3.05, 3.63) is 60.1 Å². The molecule has 5 nitrogen and oxygen atoms in total. The summed E-state index contributed by atoms with van der Waals surface area (Å²) in [6.07, 6.45) is 8.16. The average molecular weight is 350 g/mol. The minimum Gasteiger partial charge on any atom is -0.465 e. The van der Waals surface area contributed by atoms with E-state index in [1.54, 1.807) is 6.20 Å². The van der Waals surface area contributed by atoms with Gasteiger partial charge in [-0.05, 0) is 63.4 Å². The second-order valence-electron chi connectivity index (χ2n) is 7.33. The van der Waals surface area contributed by atoms with Crippen molar-refractivity contribution in [3.8, 4) is 11.4 Å². The molecule has 1 aliphatic heterocycles. The number of imidazole rings is 1. The molecule has 0 saturated carbocycles. The summed E-state index contributed by atoms with van der Waals surface area (Å²) in [4.78, 5) is 11.4. The first-order valence-corrected chi connectivity index (χ1v) is 9.39. The van der Waals surface area contributed by atoms with Crippen LogP contribution in [0.2, 0.25) is 0 Å². The Balaban J connectivity index is 1.46. The van der Waals surface area contributed by atoms with Crippen LogP contribution in [0.4, 0.5) is 0 Å².